The van der Waals surface area contributed by atoms with Gasteiger partial charge in [0.05, 0.1) is 11.6 Å². The maximum absolute atomic E-state index is 13.0. The number of rotatable bonds is 2. The highest BCUT2D eigenvalue weighted by Gasteiger charge is 2.32. The van der Waals surface area contributed by atoms with Crippen LogP contribution in [0.3, 0.4) is 0 Å². The molecule has 0 unspecified atom stereocenters. The van der Waals surface area contributed by atoms with Crippen molar-refractivity contribution < 1.29 is 13.2 Å². The second kappa shape index (κ2) is 5.65. The first-order chi connectivity index (χ1) is 10.5. The van der Waals surface area contributed by atoms with Crippen molar-refractivity contribution in [2.75, 3.05) is 18.9 Å². The van der Waals surface area contributed by atoms with Crippen LogP contribution in [0.4, 0.5) is 18.9 Å². The zero-order valence-electron chi connectivity index (χ0n) is 12.2. The van der Waals surface area contributed by atoms with Gasteiger partial charge in [0.2, 0.25) is 0 Å². The van der Waals surface area contributed by atoms with Crippen molar-refractivity contribution in [3.8, 4) is 0 Å². The van der Waals surface area contributed by atoms with Gasteiger partial charge in [0.15, 0.2) is 0 Å². The quantitative estimate of drug-likeness (QED) is 0.877. The zero-order chi connectivity index (χ0) is 15.7. The average Bonchev–Trinajstić information content (AvgIpc) is 2.53. The molecule has 22 heavy (non-hydrogen) atoms. The Morgan fingerprint density at radius 2 is 1.86 bits per heavy atom. The van der Waals surface area contributed by atoms with E-state index in [4.69, 9.17) is 0 Å². The standard InChI is InChI=1S/C17H17F3N2/c1-21-15-7-6-12(17(18,19)20)10-14(15)16-13-5-3-2-4-11(13)8-9-22-16/h2-7,10,16,21-22H,8-9H2,1H3/t16-/m1/s1. The normalized spacial score (nSPS) is 17.9. The van der Waals surface area contributed by atoms with Crippen LogP contribution in [0, 0.1) is 0 Å². The van der Waals surface area contributed by atoms with Gasteiger partial charge in [-0.25, -0.2) is 0 Å². The van der Waals surface area contributed by atoms with Gasteiger partial charge in [0.1, 0.15) is 0 Å². The van der Waals surface area contributed by atoms with Crippen LogP contribution in [0.2, 0.25) is 0 Å². The number of fused-ring (bicyclic) bond motifs is 1. The van der Waals surface area contributed by atoms with Gasteiger partial charge in [-0.05, 0) is 41.3 Å². The lowest BCUT2D eigenvalue weighted by atomic mass is 9.88. The minimum atomic E-state index is -4.34. The fraction of sp³-hybridized carbons (Fsp3) is 0.294. The van der Waals surface area contributed by atoms with Crippen molar-refractivity contribution >= 4 is 5.69 Å². The molecule has 0 saturated carbocycles. The molecule has 5 heteroatoms. The third-order valence-electron chi connectivity index (χ3n) is 4.07. The minimum Gasteiger partial charge on any atom is -0.388 e. The minimum absolute atomic E-state index is 0.227. The Kier molecular flexibility index (Phi) is 3.83. The van der Waals surface area contributed by atoms with Crippen molar-refractivity contribution in [1.82, 2.24) is 5.32 Å². The van der Waals surface area contributed by atoms with E-state index in [1.807, 2.05) is 24.3 Å². The average molecular weight is 306 g/mol. The lowest BCUT2D eigenvalue weighted by molar-refractivity contribution is -0.137. The number of halogens is 3. The molecule has 2 N–H and O–H groups in total. The summed E-state index contributed by atoms with van der Waals surface area (Å²) in [6, 6.07) is 11.5. The summed E-state index contributed by atoms with van der Waals surface area (Å²) in [5.74, 6) is 0. The molecule has 2 aromatic carbocycles. The van der Waals surface area contributed by atoms with Gasteiger partial charge < -0.3 is 10.6 Å². The molecular formula is C17H17F3N2. The monoisotopic (exact) mass is 306 g/mol. The van der Waals surface area contributed by atoms with Gasteiger partial charge in [0, 0.05) is 19.3 Å². The first kappa shape index (κ1) is 14.9. The van der Waals surface area contributed by atoms with E-state index in [1.54, 1.807) is 7.05 Å². The van der Waals surface area contributed by atoms with Gasteiger partial charge in [-0.2, -0.15) is 13.2 Å². The predicted molar refractivity (Wildman–Crippen MR) is 81.0 cm³/mol. The molecule has 0 amide bonds. The molecule has 0 bridgehead atoms. The summed E-state index contributed by atoms with van der Waals surface area (Å²) in [5.41, 5.74) is 2.95. The molecule has 1 atom stereocenters. The lowest BCUT2D eigenvalue weighted by Gasteiger charge is -2.29. The fourth-order valence-electron chi connectivity index (χ4n) is 2.99. The van der Waals surface area contributed by atoms with E-state index in [0.29, 0.717) is 11.3 Å². The highest BCUT2D eigenvalue weighted by Crippen LogP contribution is 2.37. The van der Waals surface area contributed by atoms with Crippen LogP contribution in [0.15, 0.2) is 42.5 Å². The smallest absolute Gasteiger partial charge is 0.388 e. The van der Waals surface area contributed by atoms with Crippen LogP contribution in [0.1, 0.15) is 28.3 Å². The third-order valence-corrected chi connectivity index (χ3v) is 4.07. The van der Waals surface area contributed by atoms with Crippen LogP contribution in [0.5, 0.6) is 0 Å². The van der Waals surface area contributed by atoms with Crippen molar-refractivity contribution in [2.24, 2.45) is 0 Å². The zero-order valence-corrected chi connectivity index (χ0v) is 12.2. The molecular weight excluding hydrogens is 289 g/mol. The summed E-state index contributed by atoms with van der Waals surface area (Å²) in [7, 11) is 1.72. The summed E-state index contributed by atoms with van der Waals surface area (Å²) in [5, 5.41) is 6.33. The number of alkyl halides is 3. The number of hydrogen-bond donors (Lipinski definition) is 2. The topological polar surface area (TPSA) is 24.1 Å². The predicted octanol–water partition coefficient (Wildman–Crippen LogP) is 3.98. The van der Waals surface area contributed by atoms with E-state index < -0.39 is 11.7 Å². The molecule has 0 aromatic heterocycles. The molecule has 0 radical (unpaired) electrons. The van der Waals surface area contributed by atoms with Gasteiger partial charge in [-0.3, -0.25) is 0 Å². The number of hydrogen-bond acceptors (Lipinski definition) is 2. The largest absolute Gasteiger partial charge is 0.416 e. The summed E-state index contributed by atoms with van der Waals surface area (Å²) in [4.78, 5) is 0. The van der Waals surface area contributed by atoms with E-state index >= 15 is 0 Å². The lowest BCUT2D eigenvalue weighted by Crippen LogP contribution is -2.31. The Morgan fingerprint density at radius 3 is 2.59 bits per heavy atom. The molecule has 116 valence electrons. The van der Waals surface area contributed by atoms with E-state index in [1.165, 1.54) is 17.7 Å². The van der Waals surface area contributed by atoms with Crippen molar-refractivity contribution in [2.45, 2.75) is 18.6 Å². The van der Waals surface area contributed by atoms with Crippen LogP contribution >= 0.6 is 0 Å². The Hall–Kier alpha value is -2.01. The molecule has 1 aliphatic rings. The van der Waals surface area contributed by atoms with Gasteiger partial charge in [0.25, 0.3) is 0 Å². The molecule has 0 aliphatic carbocycles. The first-order valence-corrected chi connectivity index (χ1v) is 7.21. The van der Waals surface area contributed by atoms with Gasteiger partial charge >= 0.3 is 6.18 Å². The molecule has 3 rings (SSSR count). The summed E-state index contributed by atoms with van der Waals surface area (Å²) >= 11 is 0. The van der Waals surface area contributed by atoms with Gasteiger partial charge in [-0.15, -0.1) is 0 Å². The fourth-order valence-corrected chi connectivity index (χ4v) is 2.99. The van der Waals surface area contributed by atoms with Crippen LogP contribution in [-0.4, -0.2) is 13.6 Å². The van der Waals surface area contributed by atoms with Crippen LogP contribution < -0.4 is 10.6 Å². The molecule has 2 aromatic rings. The molecule has 0 fully saturated rings. The van der Waals surface area contributed by atoms with Crippen LogP contribution in [-0.2, 0) is 12.6 Å². The van der Waals surface area contributed by atoms with E-state index in [9.17, 15) is 13.2 Å². The Bertz CT molecular complexity index is 680. The Labute approximate surface area is 127 Å². The number of nitrogens with one attached hydrogen (secondary N) is 2. The third kappa shape index (κ3) is 2.68. The van der Waals surface area contributed by atoms with Crippen LogP contribution in [0.25, 0.3) is 0 Å². The summed E-state index contributed by atoms with van der Waals surface area (Å²) < 4.78 is 39.1. The van der Waals surface area contributed by atoms with E-state index in [-0.39, 0.29) is 6.04 Å². The molecule has 1 heterocycles. The first-order valence-electron chi connectivity index (χ1n) is 7.21. The van der Waals surface area contributed by atoms with Crippen molar-refractivity contribution in [3.05, 3.63) is 64.7 Å². The highest BCUT2D eigenvalue weighted by atomic mass is 19.4. The summed E-state index contributed by atoms with van der Waals surface area (Å²) in [6.45, 7) is 0.751. The van der Waals surface area contributed by atoms with E-state index in [2.05, 4.69) is 10.6 Å². The second-order valence-corrected chi connectivity index (χ2v) is 5.39. The van der Waals surface area contributed by atoms with E-state index in [0.717, 1.165) is 24.6 Å². The second-order valence-electron chi connectivity index (χ2n) is 5.39. The maximum Gasteiger partial charge on any atom is 0.416 e. The molecule has 0 saturated heterocycles. The Balaban J connectivity index is 2.12. The summed E-state index contributed by atoms with van der Waals surface area (Å²) in [6.07, 6.45) is -3.45. The maximum atomic E-state index is 13.0. The number of anilines is 1. The highest BCUT2D eigenvalue weighted by molar-refractivity contribution is 5.57. The SMILES string of the molecule is CNc1ccc(C(F)(F)F)cc1[C@@H]1NCCc2ccccc21. The molecule has 0 spiro atoms. The van der Waals surface area contributed by atoms with Crippen molar-refractivity contribution in [3.63, 3.8) is 0 Å². The Morgan fingerprint density at radius 1 is 1.09 bits per heavy atom. The molecule has 1 aliphatic heterocycles. The molecule has 2 nitrogen and oxygen atoms in total. The van der Waals surface area contributed by atoms with Crippen molar-refractivity contribution in [1.29, 1.82) is 0 Å². The number of benzene rings is 2. The van der Waals surface area contributed by atoms with Gasteiger partial charge in [-0.1, -0.05) is 24.3 Å².